The molecule has 0 aliphatic rings. The summed E-state index contributed by atoms with van der Waals surface area (Å²) in [4.78, 5) is 0. The standard InChI is InChI=1S/C9H11NS/c1-9(2,7-10)5-8-3-4-11-6-8/h3-4,6H,5H2,1-2H3. The molecule has 0 aliphatic heterocycles. The van der Waals surface area contributed by atoms with Gasteiger partial charge in [-0.1, -0.05) is 0 Å². The van der Waals surface area contributed by atoms with Gasteiger partial charge in [-0.3, -0.25) is 0 Å². The van der Waals surface area contributed by atoms with Gasteiger partial charge in [0, 0.05) is 0 Å². The summed E-state index contributed by atoms with van der Waals surface area (Å²) < 4.78 is 0. The van der Waals surface area contributed by atoms with E-state index in [1.165, 1.54) is 5.56 Å². The van der Waals surface area contributed by atoms with Gasteiger partial charge in [0.1, 0.15) is 0 Å². The SMILES string of the molecule is CC(C)(C#N)Cc1ccsc1. The van der Waals surface area contributed by atoms with Gasteiger partial charge in [-0.05, 0) is 42.7 Å². The fourth-order valence-corrected chi connectivity index (χ4v) is 1.61. The lowest BCUT2D eigenvalue weighted by Crippen LogP contribution is -2.10. The minimum atomic E-state index is -0.221. The summed E-state index contributed by atoms with van der Waals surface area (Å²) >= 11 is 1.68. The van der Waals surface area contributed by atoms with Crippen LogP contribution in [0, 0.1) is 16.7 Å². The Morgan fingerprint density at radius 2 is 2.36 bits per heavy atom. The molecule has 0 unspecified atom stereocenters. The highest BCUT2D eigenvalue weighted by Gasteiger charge is 2.16. The molecule has 0 bridgehead atoms. The second-order valence-electron chi connectivity index (χ2n) is 3.30. The summed E-state index contributed by atoms with van der Waals surface area (Å²) in [6, 6.07) is 4.36. The van der Waals surface area contributed by atoms with Gasteiger partial charge in [0.05, 0.1) is 11.5 Å². The van der Waals surface area contributed by atoms with E-state index in [4.69, 9.17) is 5.26 Å². The average Bonchev–Trinajstić information content (AvgIpc) is 2.39. The van der Waals surface area contributed by atoms with Gasteiger partial charge in [0.15, 0.2) is 0 Å². The lowest BCUT2D eigenvalue weighted by Gasteiger charge is -2.12. The number of thiophene rings is 1. The van der Waals surface area contributed by atoms with Crippen molar-refractivity contribution in [3.8, 4) is 6.07 Å². The molecule has 1 aromatic heterocycles. The molecule has 0 spiro atoms. The number of hydrogen-bond donors (Lipinski definition) is 0. The third kappa shape index (κ3) is 2.36. The summed E-state index contributed by atoms with van der Waals surface area (Å²) in [7, 11) is 0. The van der Waals surface area contributed by atoms with Gasteiger partial charge in [0.25, 0.3) is 0 Å². The van der Waals surface area contributed by atoms with Gasteiger partial charge in [-0.15, -0.1) is 0 Å². The van der Waals surface area contributed by atoms with Crippen LogP contribution in [0.5, 0.6) is 0 Å². The van der Waals surface area contributed by atoms with Crippen molar-refractivity contribution in [3.05, 3.63) is 22.4 Å². The fraction of sp³-hybridized carbons (Fsp3) is 0.444. The Balaban J connectivity index is 2.65. The Bertz CT molecular complexity index is 254. The molecule has 0 aromatic carbocycles. The Kier molecular flexibility index (Phi) is 2.31. The third-order valence-electron chi connectivity index (χ3n) is 1.53. The summed E-state index contributed by atoms with van der Waals surface area (Å²) in [5.74, 6) is 0. The fourth-order valence-electron chi connectivity index (χ4n) is 0.943. The van der Waals surface area contributed by atoms with Gasteiger partial charge >= 0.3 is 0 Å². The molecule has 2 heteroatoms. The molecular weight excluding hydrogens is 154 g/mol. The first-order valence-electron chi connectivity index (χ1n) is 3.56. The van der Waals surface area contributed by atoms with Gasteiger partial charge in [-0.25, -0.2) is 0 Å². The van der Waals surface area contributed by atoms with E-state index in [2.05, 4.69) is 17.5 Å². The maximum Gasteiger partial charge on any atom is 0.0687 e. The number of hydrogen-bond acceptors (Lipinski definition) is 2. The van der Waals surface area contributed by atoms with Crippen molar-refractivity contribution < 1.29 is 0 Å². The first-order valence-corrected chi connectivity index (χ1v) is 4.51. The van der Waals surface area contributed by atoms with E-state index in [1.54, 1.807) is 11.3 Å². The lowest BCUT2D eigenvalue weighted by molar-refractivity contribution is 0.494. The summed E-state index contributed by atoms with van der Waals surface area (Å²) in [5.41, 5.74) is 1.04. The normalized spacial score (nSPS) is 11.0. The average molecular weight is 165 g/mol. The molecule has 0 atom stereocenters. The summed E-state index contributed by atoms with van der Waals surface area (Å²) in [5, 5.41) is 12.9. The molecule has 0 radical (unpaired) electrons. The number of nitriles is 1. The maximum atomic E-state index is 8.75. The molecule has 1 heterocycles. The van der Waals surface area contributed by atoms with Crippen molar-refractivity contribution in [2.24, 2.45) is 5.41 Å². The van der Waals surface area contributed by atoms with Crippen LogP contribution in [-0.2, 0) is 6.42 Å². The Hall–Kier alpha value is -0.810. The highest BCUT2D eigenvalue weighted by molar-refractivity contribution is 7.07. The third-order valence-corrected chi connectivity index (χ3v) is 2.26. The number of rotatable bonds is 2. The molecule has 0 amide bonds. The smallest absolute Gasteiger partial charge is 0.0687 e. The van der Waals surface area contributed by atoms with Crippen LogP contribution < -0.4 is 0 Å². The molecule has 1 nitrogen and oxygen atoms in total. The van der Waals surface area contributed by atoms with E-state index in [0.717, 1.165) is 6.42 Å². The monoisotopic (exact) mass is 165 g/mol. The zero-order valence-corrected chi connectivity index (χ0v) is 7.61. The van der Waals surface area contributed by atoms with Crippen LogP contribution in [0.2, 0.25) is 0 Å². The molecule has 0 saturated carbocycles. The van der Waals surface area contributed by atoms with E-state index < -0.39 is 0 Å². The first-order chi connectivity index (χ1) is 5.14. The minimum Gasteiger partial charge on any atom is -0.198 e. The van der Waals surface area contributed by atoms with Gasteiger partial charge < -0.3 is 0 Å². The molecule has 0 N–H and O–H groups in total. The topological polar surface area (TPSA) is 23.8 Å². The Labute approximate surface area is 71.3 Å². The van der Waals surface area contributed by atoms with Crippen LogP contribution in [0.1, 0.15) is 19.4 Å². The van der Waals surface area contributed by atoms with Crippen LogP contribution in [0.4, 0.5) is 0 Å². The van der Waals surface area contributed by atoms with Crippen LogP contribution >= 0.6 is 11.3 Å². The molecule has 0 aliphatic carbocycles. The lowest BCUT2D eigenvalue weighted by atomic mass is 9.89. The van der Waals surface area contributed by atoms with Crippen molar-refractivity contribution in [1.82, 2.24) is 0 Å². The van der Waals surface area contributed by atoms with Crippen molar-refractivity contribution >= 4 is 11.3 Å². The van der Waals surface area contributed by atoms with Crippen molar-refractivity contribution in [2.45, 2.75) is 20.3 Å². The van der Waals surface area contributed by atoms with Crippen molar-refractivity contribution in [3.63, 3.8) is 0 Å². The van der Waals surface area contributed by atoms with Crippen LogP contribution in [0.3, 0.4) is 0 Å². The summed E-state index contributed by atoms with van der Waals surface area (Å²) in [6.07, 6.45) is 0.854. The van der Waals surface area contributed by atoms with Crippen LogP contribution in [-0.4, -0.2) is 0 Å². The number of nitrogens with zero attached hydrogens (tertiary/aromatic N) is 1. The first kappa shape index (κ1) is 8.29. The minimum absolute atomic E-state index is 0.221. The predicted octanol–water partition coefficient (Wildman–Crippen LogP) is 2.84. The van der Waals surface area contributed by atoms with Crippen molar-refractivity contribution in [1.29, 1.82) is 5.26 Å². The molecule has 0 saturated heterocycles. The predicted molar refractivity (Wildman–Crippen MR) is 47.4 cm³/mol. The zero-order chi connectivity index (χ0) is 8.32. The van der Waals surface area contributed by atoms with Gasteiger partial charge in [0.2, 0.25) is 0 Å². The van der Waals surface area contributed by atoms with E-state index in [0.29, 0.717) is 0 Å². The molecule has 11 heavy (non-hydrogen) atoms. The molecule has 1 rings (SSSR count). The molecular formula is C9H11NS. The van der Waals surface area contributed by atoms with E-state index in [1.807, 2.05) is 19.2 Å². The van der Waals surface area contributed by atoms with Crippen molar-refractivity contribution in [2.75, 3.05) is 0 Å². The molecule has 1 aromatic rings. The highest BCUT2D eigenvalue weighted by atomic mass is 32.1. The van der Waals surface area contributed by atoms with Crippen LogP contribution in [0.25, 0.3) is 0 Å². The molecule has 0 fully saturated rings. The van der Waals surface area contributed by atoms with Gasteiger partial charge in [-0.2, -0.15) is 16.6 Å². The van der Waals surface area contributed by atoms with E-state index in [-0.39, 0.29) is 5.41 Å². The largest absolute Gasteiger partial charge is 0.198 e. The second kappa shape index (κ2) is 3.06. The van der Waals surface area contributed by atoms with E-state index >= 15 is 0 Å². The van der Waals surface area contributed by atoms with Crippen LogP contribution in [0.15, 0.2) is 16.8 Å². The maximum absolute atomic E-state index is 8.75. The zero-order valence-electron chi connectivity index (χ0n) is 6.79. The quantitative estimate of drug-likeness (QED) is 0.661. The molecule has 58 valence electrons. The summed E-state index contributed by atoms with van der Waals surface area (Å²) in [6.45, 7) is 3.93. The second-order valence-corrected chi connectivity index (χ2v) is 4.08. The Morgan fingerprint density at radius 1 is 1.64 bits per heavy atom. The highest BCUT2D eigenvalue weighted by Crippen LogP contribution is 2.21. The van der Waals surface area contributed by atoms with E-state index in [9.17, 15) is 0 Å². The Morgan fingerprint density at radius 3 is 2.82 bits per heavy atom.